The molecule has 2 rings (SSSR count). The molecule has 0 aliphatic carbocycles. The van der Waals surface area contributed by atoms with E-state index < -0.39 is 0 Å². The number of anilines is 1. The molecular weight excluding hydrogens is 427 g/mol. The largest absolute Gasteiger partial charge is 0.360 e. The molecule has 1 aromatic heterocycles. The molecule has 0 spiro atoms. The van der Waals surface area contributed by atoms with Crippen LogP contribution in [0.1, 0.15) is 13.8 Å². The summed E-state index contributed by atoms with van der Waals surface area (Å²) >= 11 is 3.70. The molecule has 1 aliphatic heterocycles. The van der Waals surface area contributed by atoms with E-state index >= 15 is 0 Å². The lowest BCUT2D eigenvalue weighted by atomic mass is 10.3. The number of halogens is 1. The number of hydrogen-bond acceptors (Lipinski definition) is 4. The van der Waals surface area contributed by atoms with Gasteiger partial charge >= 0.3 is 0 Å². The van der Waals surface area contributed by atoms with Gasteiger partial charge in [-0.1, -0.05) is 6.92 Å². The number of nitrogens with zero attached hydrogens (tertiary/aromatic N) is 3. The quantitative estimate of drug-likeness (QED) is 0.421. The Morgan fingerprint density at radius 2 is 2.14 bits per heavy atom. The second-order valence-electron chi connectivity index (χ2n) is 5.17. The van der Waals surface area contributed by atoms with Crippen molar-refractivity contribution in [2.75, 3.05) is 50.4 Å². The summed E-state index contributed by atoms with van der Waals surface area (Å²) in [6, 6.07) is 4.33. The van der Waals surface area contributed by atoms with E-state index in [1.807, 2.05) is 23.1 Å². The maximum Gasteiger partial charge on any atom is 0.194 e. The molecule has 2 heterocycles. The molecule has 1 atom stereocenters. The zero-order valence-corrected chi connectivity index (χ0v) is 17.6. The molecular formula is C15H27IN4S2. The number of nitrogens with one attached hydrogen (secondary N) is 1. The molecule has 126 valence electrons. The average molecular weight is 454 g/mol. The third-order valence-corrected chi connectivity index (χ3v) is 5.52. The van der Waals surface area contributed by atoms with Crippen LogP contribution < -0.4 is 10.2 Å². The first-order valence-corrected chi connectivity index (χ1v) is 9.75. The third-order valence-electron chi connectivity index (χ3n) is 3.63. The van der Waals surface area contributed by atoms with E-state index in [2.05, 4.69) is 52.7 Å². The average Bonchev–Trinajstić information content (AvgIpc) is 3.05. The second kappa shape index (κ2) is 10.6. The normalized spacial score (nSPS) is 17.1. The van der Waals surface area contributed by atoms with Crippen LogP contribution in [0.15, 0.2) is 22.5 Å². The van der Waals surface area contributed by atoms with Gasteiger partial charge in [0.05, 0.1) is 11.5 Å². The van der Waals surface area contributed by atoms with Gasteiger partial charge in [0.2, 0.25) is 0 Å². The molecule has 1 saturated heterocycles. The van der Waals surface area contributed by atoms with Crippen molar-refractivity contribution in [1.29, 1.82) is 0 Å². The minimum atomic E-state index is 0. The molecule has 1 N–H and O–H groups in total. The van der Waals surface area contributed by atoms with Gasteiger partial charge in [0.25, 0.3) is 0 Å². The van der Waals surface area contributed by atoms with Crippen molar-refractivity contribution in [3.8, 4) is 0 Å². The Balaban J connectivity index is 0.00000242. The first-order valence-electron chi connectivity index (χ1n) is 7.59. The Hall–Kier alpha value is -0.150. The van der Waals surface area contributed by atoms with Gasteiger partial charge in [-0.2, -0.15) is 11.8 Å². The predicted octanol–water partition coefficient (Wildman–Crippen LogP) is 3.21. The van der Waals surface area contributed by atoms with Crippen LogP contribution in [0.4, 0.5) is 5.00 Å². The summed E-state index contributed by atoms with van der Waals surface area (Å²) < 4.78 is 0. The highest BCUT2D eigenvalue weighted by Crippen LogP contribution is 2.22. The molecule has 4 nitrogen and oxygen atoms in total. The topological polar surface area (TPSA) is 30.9 Å². The Labute approximate surface area is 159 Å². The van der Waals surface area contributed by atoms with Gasteiger partial charge in [0.1, 0.15) is 0 Å². The molecule has 1 fully saturated rings. The number of piperazine rings is 1. The Bertz CT molecular complexity index is 431. The SMILES string of the molecule is CCNC(=NCC(C)SC)N1CCN(c2cccs2)CC1.I. The standard InChI is InChI=1S/C15H26N4S2.HI/c1-4-16-15(17-12-13(2)20-3)19-9-7-18(8-10-19)14-6-5-11-21-14;/h5-6,11,13H,4,7-10,12H2,1-3H3,(H,16,17);1H. The maximum absolute atomic E-state index is 4.79. The number of aliphatic imine (C=N–C) groups is 1. The molecule has 0 radical (unpaired) electrons. The van der Waals surface area contributed by atoms with E-state index in [-0.39, 0.29) is 24.0 Å². The zero-order chi connectivity index (χ0) is 15.1. The molecule has 1 aromatic rings. The number of hydrogen-bond donors (Lipinski definition) is 1. The Morgan fingerprint density at radius 1 is 1.41 bits per heavy atom. The molecule has 1 unspecified atom stereocenters. The fourth-order valence-electron chi connectivity index (χ4n) is 2.30. The van der Waals surface area contributed by atoms with Gasteiger partial charge in [-0.25, -0.2) is 0 Å². The third kappa shape index (κ3) is 5.81. The lowest BCUT2D eigenvalue weighted by molar-refractivity contribution is 0.373. The van der Waals surface area contributed by atoms with Crippen LogP contribution in [0.5, 0.6) is 0 Å². The van der Waals surface area contributed by atoms with Crippen molar-refractivity contribution in [3.05, 3.63) is 17.5 Å². The summed E-state index contributed by atoms with van der Waals surface area (Å²) in [5.74, 6) is 1.07. The van der Waals surface area contributed by atoms with Crippen LogP contribution >= 0.6 is 47.1 Å². The van der Waals surface area contributed by atoms with Crippen LogP contribution in [-0.2, 0) is 0 Å². The Morgan fingerprint density at radius 3 is 2.68 bits per heavy atom. The van der Waals surface area contributed by atoms with Crippen molar-refractivity contribution < 1.29 is 0 Å². The summed E-state index contributed by atoms with van der Waals surface area (Å²) in [7, 11) is 0. The molecule has 1 aliphatic rings. The number of thiophene rings is 1. The number of thioether (sulfide) groups is 1. The van der Waals surface area contributed by atoms with Crippen LogP contribution in [0.3, 0.4) is 0 Å². The van der Waals surface area contributed by atoms with E-state index in [1.54, 1.807) is 0 Å². The first kappa shape index (κ1) is 19.9. The van der Waals surface area contributed by atoms with Gasteiger partial charge in [0, 0.05) is 38.0 Å². The van der Waals surface area contributed by atoms with Gasteiger partial charge in [-0.15, -0.1) is 35.3 Å². The van der Waals surface area contributed by atoms with Crippen molar-refractivity contribution >= 4 is 58.0 Å². The van der Waals surface area contributed by atoms with E-state index in [4.69, 9.17) is 4.99 Å². The highest BCUT2D eigenvalue weighted by Gasteiger charge is 2.20. The predicted molar refractivity (Wildman–Crippen MR) is 112 cm³/mol. The Kier molecular flexibility index (Phi) is 9.58. The van der Waals surface area contributed by atoms with E-state index in [1.165, 1.54) is 5.00 Å². The van der Waals surface area contributed by atoms with Crippen LogP contribution in [0.2, 0.25) is 0 Å². The lowest BCUT2D eigenvalue weighted by Crippen LogP contribution is -2.52. The summed E-state index contributed by atoms with van der Waals surface area (Å²) in [6.45, 7) is 10.4. The van der Waals surface area contributed by atoms with Crippen LogP contribution in [-0.4, -0.2) is 61.6 Å². The van der Waals surface area contributed by atoms with E-state index in [0.29, 0.717) is 5.25 Å². The van der Waals surface area contributed by atoms with E-state index in [0.717, 1.165) is 45.2 Å². The molecule has 0 amide bonds. The van der Waals surface area contributed by atoms with Crippen molar-refractivity contribution in [2.45, 2.75) is 19.1 Å². The minimum Gasteiger partial charge on any atom is -0.360 e. The van der Waals surface area contributed by atoms with Gasteiger partial charge < -0.3 is 15.1 Å². The highest BCUT2D eigenvalue weighted by atomic mass is 127. The van der Waals surface area contributed by atoms with Crippen molar-refractivity contribution in [3.63, 3.8) is 0 Å². The van der Waals surface area contributed by atoms with Crippen molar-refractivity contribution in [1.82, 2.24) is 10.2 Å². The smallest absolute Gasteiger partial charge is 0.194 e. The zero-order valence-electron chi connectivity index (χ0n) is 13.6. The molecule has 7 heteroatoms. The summed E-state index contributed by atoms with van der Waals surface area (Å²) in [5.41, 5.74) is 0. The van der Waals surface area contributed by atoms with Crippen molar-refractivity contribution in [2.24, 2.45) is 4.99 Å². The molecule has 22 heavy (non-hydrogen) atoms. The minimum absolute atomic E-state index is 0. The summed E-state index contributed by atoms with van der Waals surface area (Å²) in [4.78, 5) is 9.65. The molecule has 0 bridgehead atoms. The van der Waals surface area contributed by atoms with Crippen LogP contribution in [0.25, 0.3) is 0 Å². The fourth-order valence-corrected chi connectivity index (χ4v) is 3.31. The summed E-state index contributed by atoms with van der Waals surface area (Å²) in [5, 5.41) is 7.54. The monoisotopic (exact) mass is 454 g/mol. The molecule has 0 aromatic carbocycles. The summed E-state index contributed by atoms with van der Waals surface area (Å²) in [6.07, 6.45) is 2.15. The first-order chi connectivity index (χ1) is 10.2. The van der Waals surface area contributed by atoms with Gasteiger partial charge in [-0.3, -0.25) is 4.99 Å². The van der Waals surface area contributed by atoms with E-state index in [9.17, 15) is 0 Å². The lowest BCUT2D eigenvalue weighted by Gasteiger charge is -2.37. The van der Waals surface area contributed by atoms with Crippen LogP contribution in [0, 0.1) is 0 Å². The van der Waals surface area contributed by atoms with Gasteiger partial charge in [0.15, 0.2) is 5.96 Å². The number of guanidine groups is 1. The highest BCUT2D eigenvalue weighted by molar-refractivity contribution is 14.0. The number of rotatable bonds is 5. The van der Waals surface area contributed by atoms with Gasteiger partial charge in [-0.05, 0) is 30.7 Å². The maximum atomic E-state index is 4.79. The second-order valence-corrected chi connectivity index (χ2v) is 7.37. The fraction of sp³-hybridized carbons (Fsp3) is 0.667. The molecule has 0 saturated carbocycles.